The van der Waals surface area contributed by atoms with Gasteiger partial charge >= 0.3 is 0 Å². The van der Waals surface area contributed by atoms with Gasteiger partial charge in [-0.3, -0.25) is 14.4 Å². The van der Waals surface area contributed by atoms with Gasteiger partial charge in [-0.25, -0.2) is 0 Å². The summed E-state index contributed by atoms with van der Waals surface area (Å²) in [5.74, 6) is 3.65. The van der Waals surface area contributed by atoms with Gasteiger partial charge in [-0.15, -0.1) is 0 Å². The Balaban J connectivity index is 0.000000176. The van der Waals surface area contributed by atoms with E-state index in [-0.39, 0.29) is 89.0 Å². The van der Waals surface area contributed by atoms with Crippen molar-refractivity contribution in [3.63, 3.8) is 0 Å². The van der Waals surface area contributed by atoms with Crippen LogP contribution in [0.4, 0.5) is 0 Å². The van der Waals surface area contributed by atoms with E-state index in [9.17, 15) is 14.4 Å². The molecule has 16 nitrogen and oxygen atoms in total. The molecule has 17 atom stereocenters. The Bertz CT molecular complexity index is 2310. The number of hydrogen-bond donors (Lipinski definition) is 1. The Hall–Kier alpha value is -2.03. The summed E-state index contributed by atoms with van der Waals surface area (Å²) in [5, 5.41) is 7.00. The number of rotatable bonds is 31. The highest BCUT2D eigenvalue weighted by Gasteiger charge is 2.74. The first-order valence-corrected chi connectivity index (χ1v) is 37.2. The predicted molar refractivity (Wildman–Crippen MR) is 368 cm³/mol. The number of epoxide rings is 6. The molecule has 3 spiro atoms. The smallest absolute Gasteiger partial charge is 0.155 e. The van der Waals surface area contributed by atoms with Crippen LogP contribution in [0.1, 0.15) is 230 Å². The van der Waals surface area contributed by atoms with Gasteiger partial charge in [0.2, 0.25) is 0 Å². The van der Waals surface area contributed by atoms with Crippen LogP contribution in [0, 0.1) is 41.4 Å². The molecule has 93 heavy (non-hydrogen) atoms. The predicted octanol–water partition coefficient (Wildman–Crippen LogP) is 12.8. The Labute approximate surface area is 564 Å². The number of Topliss-reactive ketones (excluding diaryl/α,β-unsaturated/α-hetero) is 2. The van der Waals surface area contributed by atoms with Crippen molar-refractivity contribution in [2.24, 2.45) is 41.4 Å². The maximum Gasteiger partial charge on any atom is 0.155 e. The van der Waals surface area contributed by atoms with Crippen molar-refractivity contribution in [2.75, 3.05) is 107 Å². The summed E-state index contributed by atoms with van der Waals surface area (Å²) in [4.78, 5) is 45.8. The second-order valence-electron chi connectivity index (χ2n) is 32.1. The number of hydrogen-bond acceptors (Lipinski definition) is 16. The van der Waals surface area contributed by atoms with Gasteiger partial charge < -0.3 is 62.4 Å². The minimum atomic E-state index is -0.249. The Kier molecular flexibility index (Phi) is 28.0. The van der Waals surface area contributed by atoms with E-state index in [1.54, 1.807) is 7.11 Å². The first-order chi connectivity index (χ1) is 44.1. The number of aliphatic hydroxyl groups is 1. The summed E-state index contributed by atoms with van der Waals surface area (Å²) in [5.41, 5.74) is 1.60. The molecule has 12 fully saturated rings. The number of aliphatic hydroxyl groups excluding tert-OH is 1. The molecule has 12 aliphatic rings. The van der Waals surface area contributed by atoms with Gasteiger partial charge in [0.15, 0.2) is 5.78 Å². The molecular weight excluding hydrogens is 1170 g/mol. The zero-order valence-electron chi connectivity index (χ0n) is 60.0. The fourth-order valence-corrected chi connectivity index (χ4v) is 18.6. The molecule has 0 amide bonds. The number of nitrogens with zero attached hydrogens (tertiary/aromatic N) is 3. The van der Waals surface area contributed by atoms with Gasteiger partial charge in [-0.1, -0.05) is 46.8 Å². The van der Waals surface area contributed by atoms with Crippen LogP contribution in [0.5, 0.6) is 0 Å². The van der Waals surface area contributed by atoms with Crippen molar-refractivity contribution in [1.29, 1.82) is 0 Å². The number of ketones is 3. The van der Waals surface area contributed by atoms with Crippen LogP contribution in [-0.2, 0) is 57.0 Å². The average Bonchev–Trinajstić information content (AvgIpc) is 1.55. The lowest BCUT2D eigenvalue weighted by Gasteiger charge is -2.43. The van der Waals surface area contributed by atoms with Crippen LogP contribution in [0.25, 0.3) is 0 Å². The molecule has 0 radical (unpaired) electrons. The number of ether oxygens (including phenoxy) is 9. The molecule has 9 aliphatic heterocycles. The van der Waals surface area contributed by atoms with Crippen LogP contribution >= 0.6 is 0 Å². The largest absolute Gasteiger partial charge is 0.400 e. The molecule has 16 heteroatoms. The summed E-state index contributed by atoms with van der Waals surface area (Å²) in [6.45, 7) is 32.9. The summed E-state index contributed by atoms with van der Waals surface area (Å²) in [6, 6.07) is 0. The third-order valence-corrected chi connectivity index (χ3v) is 24.2. The Morgan fingerprint density at radius 3 is 1.30 bits per heavy atom. The summed E-state index contributed by atoms with van der Waals surface area (Å²) < 4.78 is 55.2. The van der Waals surface area contributed by atoms with Crippen molar-refractivity contribution < 1.29 is 62.1 Å². The van der Waals surface area contributed by atoms with Gasteiger partial charge in [-0.05, 0) is 257 Å². The highest BCUT2D eigenvalue weighted by molar-refractivity contribution is 5.90. The molecule has 9 heterocycles. The third-order valence-electron chi connectivity index (χ3n) is 24.2. The number of allylic oxidation sites excluding steroid dienone is 2. The zero-order valence-corrected chi connectivity index (χ0v) is 60.0. The molecule has 12 rings (SSSR count). The van der Waals surface area contributed by atoms with E-state index in [2.05, 4.69) is 83.1 Å². The molecule has 534 valence electrons. The van der Waals surface area contributed by atoms with E-state index in [0.29, 0.717) is 79.6 Å². The molecule has 3 aliphatic carbocycles. The first-order valence-electron chi connectivity index (χ1n) is 37.2. The van der Waals surface area contributed by atoms with Gasteiger partial charge in [0.25, 0.3) is 0 Å². The highest BCUT2D eigenvalue weighted by atomic mass is 16.6. The van der Waals surface area contributed by atoms with E-state index < -0.39 is 0 Å². The van der Waals surface area contributed by atoms with Crippen molar-refractivity contribution in [2.45, 2.75) is 300 Å². The number of methoxy groups -OCH3 is 3. The minimum Gasteiger partial charge on any atom is -0.400 e. The van der Waals surface area contributed by atoms with Crippen LogP contribution in [0.3, 0.4) is 0 Å². The van der Waals surface area contributed by atoms with Crippen LogP contribution in [0.15, 0.2) is 23.3 Å². The van der Waals surface area contributed by atoms with Gasteiger partial charge in [0, 0.05) is 72.4 Å². The van der Waals surface area contributed by atoms with E-state index in [0.717, 1.165) is 129 Å². The summed E-state index contributed by atoms with van der Waals surface area (Å²) in [7, 11) is 6.40. The van der Waals surface area contributed by atoms with Crippen molar-refractivity contribution >= 4 is 17.3 Å². The third kappa shape index (κ3) is 19.3. The lowest BCUT2D eigenvalue weighted by molar-refractivity contribution is -0.126. The summed E-state index contributed by atoms with van der Waals surface area (Å²) >= 11 is 0. The number of carbonyl (C=O) groups is 3. The van der Waals surface area contributed by atoms with E-state index >= 15 is 0 Å². The lowest BCUT2D eigenvalue weighted by atomic mass is 9.64. The summed E-state index contributed by atoms with van der Waals surface area (Å²) in [6.07, 6.45) is 30.6. The molecule has 0 aromatic carbocycles. The molecule has 1 N–H and O–H groups in total. The second kappa shape index (κ2) is 33.9. The first kappa shape index (κ1) is 76.7. The van der Waals surface area contributed by atoms with Crippen molar-refractivity contribution in [1.82, 2.24) is 14.7 Å². The SMILES string of the molecule is C.CO.CO[C@@H]1C(=CC(=O)CCCN2CCCC2)CC[C@]2(CO2)[C@H]1[C@@]1(C)O[C@@H]1CC=C(C)C.CO[C@@H]1C(CC(=O)CCCN2CCCC2)CC[C@]2(CO2)[C@H]1[C@@]1(C)O[C@@H]1CCC(C)C.CO[C@@H]1C(CC(=O)CCCN2CCCC2)CC[C@]2(CO2)[C@H]1[C@@]1(C)O[C@@H]1CCC(C)C. The quantitative estimate of drug-likeness (QED) is 0.0392. The van der Waals surface area contributed by atoms with Crippen LogP contribution < -0.4 is 0 Å². The average molecular weight is 1310 g/mol. The fourth-order valence-electron chi connectivity index (χ4n) is 18.6. The molecule has 0 aromatic heterocycles. The Morgan fingerprint density at radius 2 is 0.935 bits per heavy atom. The minimum absolute atomic E-state index is 0. The topological polar surface area (TPSA) is 184 Å². The second-order valence-corrected chi connectivity index (χ2v) is 32.1. The van der Waals surface area contributed by atoms with E-state index in [4.69, 9.17) is 47.7 Å². The number of likely N-dealkylation sites (tertiary alicyclic amines) is 3. The van der Waals surface area contributed by atoms with Crippen molar-refractivity contribution in [3.05, 3.63) is 23.3 Å². The normalized spacial score (nSPS) is 39.2. The van der Waals surface area contributed by atoms with E-state index in [1.807, 2.05) is 20.3 Å². The number of carbonyl (C=O) groups excluding carboxylic acids is 3. The van der Waals surface area contributed by atoms with Crippen LogP contribution in [-0.4, -0.2) is 215 Å². The fraction of sp³-hybridized carbons (Fsp3) is 0.909. The van der Waals surface area contributed by atoms with Crippen LogP contribution in [0.2, 0.25) is 0 Å². The standard InChI is InChI=1S/2C25H43NO4.C25H39NO4.CH4O.CH4/c3*1-18(2)9-10-21-24(3,30-21)23-22(28-4)19(11-12-25(23)17-29-25)16-20(27)8-7-15-26-13-5-6-14-26;1-2;/h2*18-19,21-23H,5-17H2,1-4H3;9,16,21-23H,5-8,10-15,17H2,1-4H3;2H,1H3;1H4/t2*19?,21-,22-,23-,24+,25+;21-,22-,23-,24+,25+;;/m111../s1. The maximum atomic E-state index is 12.8. The van der Waals surface area contributed by atoms with Crippen molar-refractivity contribution in [3.8, 4) is 0 Å². The molecule has 0 bridgehead atoms. The molecule has 3 saturated carbocycles. The lowest BCUT2D eigenvalue weighted by Crippen LogP contribution is -2.53. The molecule has 9 saturated heterocycles. The monoisotopic (exact) mass is 1310 g/mol. The zero-order chi connectivity index (χ0) is 66.1. The van der Waals surface area contributed by atoms with Gasteiger partial charge in [0.05, 0.1) is 73.6 Å². The maximum absolute atomic E-state index is 12.8. The van der Waals surface area contributed by atoms with Gasteiger partial charge in [0.1, 0.15) is 34.0 Å². The highest BCUT2D eigenvalue weighted by Crippen LogP contribution is 2.63. The van der Waals surface area contributed by atoms with Gasteiger partial charge in [-0.2, -0.15) is 0 Å². The van der Waals surface area contributed by atoms with E-state index in [1.165, 1.54) is 96.2 Å². The molecular formula is C77H133N3O13. The molecule has 0 aromatic rings. The molecule has 2 unspecified atom stereocenters. The Morgan fingerprint density at radius 1 is 0.559 bits per heavy atom.